The highest BCUT2D eigenvalue weighted by Gasteiger charge is 2.49. The molecule has 3 saturated heterocycles. The molecule has 1 aromatic carbocycles. The molecule has 4 aromatic rings. The van der Waals surface area contributed by atoms with Crippen LogP contribution >= 0.6 is 11.3 Å². The van der Waals surface area contributed by atoms with Crippen molar-refractivity contribution in [2.24, 2.45) is 0 Å². The van der Waals surface area contributed by atoms with Crippen LogP contribution in [0.1, 0.15) is 40.0 Å². The molecule has 2 N–H and O–H groups in total. The predicted octanol–water partition coefficient (Wildman–Crippen LogP) is 5.43. The van der Waals surface area contributed by atoms with Crippen LogP contribution in [-0.2, 0) is 4.74 Å². The molecular formula is C31H34F4N8O3S. The van der Waals surface area contributed by atoms with Crippen molar-refractivity contribution in [3.8, 4) is 17.3 Å². The Labute approximate surface area is 271 Å². The molecule has 0 radical (unpaired) electrons. The van der Waals surface area contributed by atoms with E-state index in [1.807, 2.05) is 4.90 Å². The number of rotatable bonds is 6. The smallest absolute Gasteiger partial charge is 0.413 e. The van der Waals surface area contributed by atoms with Crippen LogP contribution < -0.4 is 20.3 Å². The average molecular weight is 675 g/mol. The van der Waals surface area contributed by atoms with Crippen molar-refractivity contribution < 1.29 is 31.8 Å². The van der Waals surface area contributed by atoms with E-state index in [2.05, 4.69) is 35.5 Å². The van der Waals surface area contributed by atoms with Gasteiger partial charge in [0.1, 0.15) is 47.0 Å². The number of ether oxygens (including phenoxy) is 2. The highest BCUT2D eigenvalue weighted by Crippen LogP contribution is 2.42. The predicted molar refractivity (Wildman–Crippen MR) is 169 cm³/mol. The zero-order chi connectivity index (χ0) is 33.1. The highest BCUT2D eigenvalue weighted by molar-refractivity contribution is 7.22. The van der Waals surface area contributed by atoms with Crippen LogP contribution in [0.3, 0.4) is 0 Å². The van der Waals surface area contributed by atoms with Gasteiger partial charge in [-0.2, -0.15) is 9.97 Å². The first-order valence-electron chi connectivity index (χ1n) is 15.5. The van der Waals surface area contributed by atoms with Gasteiger partial charge in [-0.1, -0.05) is 11.3 Å². The molecule has 0 spiro atoms. The van der Waals surface area contributed by atoms with Crippen LogP contribution in [0.2, 0.25) is 0 Å². The minimum absolute atomic E-state index is 0.0667. The fourth-order valence-corrected chi connectivity index (χ4v) is 7.57. The SMILES string of the molecule is CC(C)(C)OC(=O)Nc1nc2c(-c3ncc4c(N5CCNCC5)nc(OC[C@@]56CCCN5C[C@H](F)C6)nc4c3F)c(F)cc(F)c2s1. The molecule has 3 aromatic heterocycles. The Morgan fingerprint density at radius 3 is 2.68 bits per heavy atom. The van der Waals surface area contributed by atoms with E-state index in [0.717, 1.165) is 30.7 Å². The normalized spacial score (nSPS) is 21.9. The first-order chi connectivity index (χ1) is 22.4. The van der Waals surface area contributed by atoms with E-state index >= 15 is 8.78 Å². The lowest BCUT2D eigenvalue weighted by atomic mass is 9.95. The number of carbonyl (C=O) groups is 1. The summed E-state index contributed by atoms with van der Waals surface area (Å²) in [4.78, 5) is 34.0. The molecule has 0 unspecified atom stereocenters. The maximum atomic E-state index is 16.6. The average Bonchev–Trinajstić information content (AvgIpc) is 3.68. The Morgan fingerprint density at radius 2 is 1.91 bits per heavy atom. The second kappa shape index (κ2) is 12.0. The van der Waals surface area contributed by atoms with Crippen LogP contribution in [0, 0.1) is 17.5 Å². The summed E-state index contributed by atoms with van der Waals surface area (Å²) < 4.78 is 72.8. The van der Waals surface area contributed by atoms with Crippen LogP contribution in [-0.4, -0.2) is 94.1 Å². The summed E-state index contributed by atoms with van der Waals surface area (Å²) in [5, 5.41) is 5.93. The summed E-state index contributed by atoms with van der Waals surface area (Å²) in [5.41, 5.74) is -2.50. The minimum Gasteiger partial charge on any atom is -0.461 e. The number of thiazole rings is 1. The first-order valence-corrected chi connectivity index (χ1v) is 16.4. The number of hydrogen-bond donors (Lipinski definition) is 2. The summed E-state index contributed by atoms with van der Waals surface area (Å²) in [6, 6.07) is 0.540. The number of piperazine rings is 1. The van der Waals surface area contributed by atoms with Crippen molar-refractivity contribution in [2.45, 2.75) is 57.3 Å². The molecule has 250 valence electrons. The number of carbonyl (C=O) groups excluding carboxylic acids is 1. The van der Waals surface area contributed by atoms with Crippen molar-refractivity contribution in [1.82, 2.24) is 30.2 Å². The van der Waals surface area contributed by atoms with Crippen molar-refractivity contribution in [3.05, 3.63) is 29.7 Å². The van der Waals surface area contributed by atoms with Gasteiger partial charge in [-0.3, -0.25) is 15.2 Å². The molecule has 1 amide bonds. The van der Waals surface area contributed by atoms with Crippen molar-refractivity contribution in [1.29, 1.82) is 0 Å². The number of halogens is 4. The number of alkyl halides is 1. The van der Waals surface area contributed by atoms with Gasteiger partial charge in [0.05, 0.1) is 26.7 Å². The lowest BCUT2D eigenvalue weighted by Crippen LogP contribution is -2.44. The Morgan fingerprint density at radius 1 is 1.13 bits per heavy atom. The summed E-state index contributed by atoms with van der Waals surface area (Å²) in [5.74, 6) is -2.59. The molecule has 3 aliphatic heterocycles. The number of benzene rings is 1. The molecule has 6 heterocycles. The van der Waals surface area contributed by atoms with E-state index in [9.17, 15) is 13.6 Å². The van der Waals surface area contributed by atoms with Crippen molar-refractivity contribution in [2.75, 3.05) is 56.1 Å². The van der Waals surface area contributed by atoms with E-state index in [0.29, 0.717) is 51.0 Å². The van der Waals surface area contributed by atoms with E-state index in [-0.39, 0.29) is 44.4 Å². The van der Waals surface area contributed by atoms with Gasteiger partial charge in [-0.15, -0.1) is 0 Å². The fourth-order valence-electron chi connectivity index (χ4n) is 6.71. The van der Waals surface area contributed by atoms with Crippen molar-refractivity contribution >= 4 is 49.5 Å². The molecule has 3 fully saturated rings. The standard InChI is InChI=1S/C31H34F4N8O3S/c1-30(2,3)46-29(44)41-28-39-24-20(18(33)11-19(34)25(24)47-28)23-21(35)22-17(13-37-23)26(42-9-6-36-7-10-42)40-27(38-22)45-15-31-5-4-8-43(31)14-16(32)12-31/h11,13,16,36H,4-10,12,14-15H2,1-3H3,(H,39,41,44)/t16-,31+/m1/s1. The summed E-state index contributed by atoms with van der Waals surface area (Å²) in [6.07, 6.45) is 1.61. The third-order valence-electron chi connectivity index (χ3n) is 8.71. The molecular weight excluding hydrogens is 640 g/mol. The Bertz CT molecular complexity index is 1860. The van der Waals surface area contributed by atoms with E-state index < -0.39 is 46.6 Å². The number of nitrogens with zero attached hydrogens (tertiary/aromatic N) is 6. The van der Waals surface area contributed by atoms with E-state index in [1.165, 1.54) is 6.20 Å². The van der Waals surface area contributed by atoms with Crippen LogP contribution in [0.4, 0.5) is 33.3 Å². The van der Waals surface area contributed by atoms with Crippen LogP contribution in [0.5, 0.6) is 6.01 Å². The second-order valence-corrected chi connectivity index (χ2v) is 14.2. The fraction of sp³-hybridized carbons (Fsp3) is 0.516. The lowest BCUT2D eigenvalue weighted by molar-refractivity contribution is 0.0636. The minimum atomic E-state index is -1.09. The molecule has 2 atom stereocenters. The molecule has 0 bridgehead atoms. The van der Waals surface area contributed by atoms with Gasteiger partial charge >= 0.3 is 12.1 Å². The monoisotopic (exact) mass is 674 g/mol. The summed E-state index contributed by atoms with van der Waals surface area (Å²) in [6.45, 7) is 8.80. The topological polar surface area (TPSA) is 118 Å². The highest BCUT2D eigenvalue weighted by atomic mass is 32.1. The second-order valence-electron chi connectivity index (χ2n) is 13.2. The molecule has 47 heavy (non-hydrogen) atoms. The van der Waals surface area contributed by atoms with Gasteiger partial charge in [0.2, 0.25) is 0 Å². The maximum absolute atomic E-state index is 16.6. The van der Waals surface area contributed by atoms with E-state index in [4.69, 9.17) is 9.47 Å². The zero-order valence-corrected chi connectivity index (χ0v) is 26.9. The summed E-state index contributed by atoms with van der Waals surface area (Å²) in [7, 11) is 0. The lowest BCUT2D eigenvalue weighted by Gasteiger charge is -2.31. The number of nitrogens with one attached hydrogen (secondary N) is 2. The van der Waals surface area contributed by atoms with Gasteiger partial charge in [-0.05, 0) is 40.2 Å². The van der Waals surface area contributed by atoms with Gasteiger partial charge < -0.3 is 19.7 Å². The molecule has 11 nitrogen and oxygen atoms in total. The molecule has 0 saturated carbocycles. The molecule has 3 aliphatic rings. The molecule has 16 heteroatoms. The zero-order valence-electron chi connectivity index (χ0n) is 26.1. The summed E-state index contributed by atoms with van der Waals surface area (Å²) >= 11 is 0.751. The third-order valence-corrected chi connectivity index (χ3v) is 9.69. The number of pyridine rings is 1. The van der Waals surface area contributed by atoms with Gasteiger partial charge in [-0.25, -0.2) is 27.3 Å². The Hall–Kier alpha value is -3.89. The van der Waals surface area contributed by atoms with Gasteiger partial charge in [0.25, 0.3) is 0 Å². The van der Waals surface area contributed by atoms with Crippen LogP contribution in [0.25, 0.3) is 32.4 Å². The Kier molecular flexibility index (Phi) is 8.07. The van der Waals surface area contributed by atoms with Crippen LogP contribution in [0.15, 0.2) is 12.3 Å². The third kappa shape index (κ3) is 6.02. The van der Waals surface area contributed by atoms with E-state index in [1.54, 1.807) is 20.8 Å². The largest absolute Gasteiger partial charge is 0.461 e. The van der Waals surface area contributed by atoms with Gasteiger partial charge in [0, 0.05) is 51.4 Å². The first kappa shape index (κ1) is 31.7. The number of anilines is 2. The number of aromatic nitrogens is 4. The number of hydrogen-bond acceptors (Lipinski definition) is 11. The Balaban J connectivity index is 1.31. The number of amides is 1. The molecule has 7 rings (SSSR count). The van der Waals surface area contributed by atoms with Crippen molar-refractivity contribution in [3.63, 3.8) is 0 Å². The molecule has 0 aliphatic carbocycles. The van der Waals surface area contributed by atoms with Gasteiger partial charge in [0.15, 0.2) is 10.9 Å². The number of fused-ring (bicyclic) bond motifs is 3. The maximum Gasteiger partial charge on any atom is 0.413 e. The quantitative estimate of drug-likeness (QED) is 0.257.